The van der Waals surface area contributed by atoms with E-state index in [0.29, 0.717) is 17.8 Å². The van der Waals surface area contributed by atoms with Gasteiger partial charge in [-0.25, -0.2) is 13.9 Å². The highest BCUT2D eigenvalue weighted by molar-refractivity contribution is 6.33. The molecule has 4 nitrogen and oxygen atoms in total. The highest BCUT2D eigenvalue weighted by atomic mass is 35.5. The second-order valence-corrected chi connectivity index (χ2v) is 7.85. The zero-order chi connectivity index (χ0) is 25.6. The summed E-state index contributed by atoms with van der Waals surface area (Å²) < 4.78 is 99.4. The summed E-state index contributed by atoms with van der Waals surface area (Å²) in [5.74, 6) is -0.689. The summed E-state index contributed by atoms with van der Waals surface area (Å²) in [5.41, 5.74) is -6.28. The average Bonchev–Trinajstić information content (AvgIpc) is 3.20. The molecule has 34 heavy (non-hydrogen) atoms. The first-order chi connectivity index (χ1) is 15.6. The zero-order valence-electron chi connectivity index (χ0n) is 17.8. The molecule has 3 rings (SSSR count). The summed E-state index contributed by atoms with van der Waals surface area (Å²) in [6, 6.07) is 6.87. The van der Waals surface area contributed by atoms with E-state index in [1.54, 1.807) is 6.07 Å². The van der Waals surface area contributed by atoms with Crippen LogP contribution in [-0.2, 0) is 10.4 Å². The molecule has 1 heterocycles. The summed E-state index contributed by atoms with van der Waals surface area (Å²) in [5, 5.41) is 4.43. The van der Waals surface area contributed by atoms with Crippen LogP contribution in [0, 0.1) is 13.8 Å². The van der Waals surface area contributed by atoms with Crippen molar-refractivity contribution in [3.8, 4) is 16.9 Å². The fourth-order valence-electron chi connectivity index (χ4n) is 3.58. The Morgan fingerprint density at radius 1 is 0.941 bits per heavy atom. The van der Waals surface area contributed by atoms with E-state index in [4.69, 9.17) is 11.6 Å². The number of carbonyl (C=O) groups is 1. The van der Waals surface area contributed by atoms with Crippen molar-refractivity contribution in [2.24, 2.45) is 0 Å². The SMILES string of the molecule is COC(=O)c1cc(-n2ccc(-c3c(C)cc(C(F)(C(F)(F)F)C(F)(F)F)cc3C)n2)ccc1Cl. The van der Waals surface area contributed by atoms with Gasteiger partial charge in [0.2, 0.25) is 0 Å². The van der Waals surface area contributed by atoms with Crippen LogP contribution in [0.2, 0.25) is 5.02 Å². The second-order valence-electron chi connectivity index (χ2n) is 7.44. The summed E-state index contributed by atoms with van der Waals surface area (Å²) >= 11 is 5.99. The number of aryl methyl sites for hydroxylation is 2. The van der Waals surface area contributed by atoms with E-state index in [1.165, 1.54) is 50.0 Å². The highest BCUT2D eigenvalue weighted by Gasteiger charge is 2.73. The third-order valence-electron chi connectivity index (χ3n) is 5.18. The Balaban J connectivity index is 2.09. The minimum absolute atomic E-state index is 0.0397. The number of hydrogen-bond donors (Lipinski definition) is 0. The lowest BCUT2D eigenvalue weighted by molar-refractivity contribution is -0.348. The topological polar surface area (TPSA) is 44.1 Å². The molecular formula is C22H16ClF7N2O2. The number of methoxy groups -OCH3 is 1. The van der Waals surface area contributed by atoms with E-state index < -0.39 is 29.6 Å². The van der Waals surface area contributed by atoms with E-state index in [9.17, 15) is 35.5 Å². The van der Waals surface area contributed by atoms with E-state index in [1.807, 2.05) is 0 Å². The summed E-state index contributed by atoms with van der Waals surface area (Å²) in [4.78, 5) is 11.9. The van der Waals surface area contributed by atoms with E-state index in [0.717, 1.165) is 0 Å². The number of aromatic nitrogens is 2. The molecule has 0 fully saturated rings. The first kappa shape index (κ1) is 25.5. The molecule has 3 aromatic rings. The third kappa shape index (κ3) is 4.24. The van der Waals surface area contributed by atoms with Crippen LogP contribution < -0.4 is 0 Å². The van der Waals surface area contributed by atoms with Crippen LogP contribution in [0.25, 0.3) is 16.9 Å². The number of halogens is 8. The Labute approximate surface area is 193 Å². The lowest BCUT2D eigenvalue weighted by Gasteiger charge is -2.31. The number of esters is 1. The van der Waals surface area contributed by atoms with Crippen LogP contribution in [0.4, 0.5) is 30.7 Å². The van der Waals surface area contributed by atoms with Crippen molar-refractivity contribution in [2.45, 2.75) is 31.9 Å². The molecule has 2 aromatic carbocycles. The van der Waals surface area contributed by atoms with Gasteiger partial charge in [-0.1, -0.05) is 23.7 Å². The molecule has 0 aliphatic rings. The largest absolute Gasteiger partial charge is 0.465 e. The molecule has 12 heteroatoms. The van der Waals surface area contributed by atoms with Crippen molar-refractivity contribution < 1.29 is 40.3 Å². The van der Waals surface area contributed by atoms with Crippen molar-refractivity contribution in [3.63, 3.8) is 0 Å². The lowest BCUT2D eigenvalue weighted by Crippen LogP contribution is -2.50. The van der Waals surface area contributed by atoms with Gasteiger partial charge in [0.15, 0.2) is 0 Å². The minimum Gasteiger partial charge on any atom is -0.465 e. The van der Waals surface area contributed by atoms with Gasteiger partial charge >= 0.3 is 24.0 Å². The molecule has 0 amide bonds. The predicted octanol–water partition coefficient (Wildman–Crippen LogP) is 6.89. The first-order valence-corrected chi connectivity index (χ1v) is 9.88. The van der Waals surface area contributed by atoms with Gasteiger partial charge < -0.3 is 4.74 Å². The van der Waals surface area contributed by atoms with Crippen LogP contribution in [0.15, 0.2) is 42.6 Å². The smallest absolute Gasteiger partial charge is 0.435 e. The maximum absolute atomic E-state index is 14.5. The third-order valence-corrected chi connectivity index (χ3v) is 5.51. The molecule has 0 unspecified atom stereocenters. The number of ether oxygens (including phenoxy) is 1. The highest BCUT2D eigenvalue weighted by Crippen LogP contribution is 2.53. The number of carbonyl (C=O) groups excluding carboxylic acids is 1. The Morgan fingerprint density at radius 3 is 2.00 bits per heavy atom. The van der Waals surface area contributed by atoms with Crippen molar-refractivity contribution in [3.05, 3.63) is 69.9 Å². The Kier molecular flexibility index (Phi) is 6.47. The van der Waals surface area contributed by atoms with Gasteiger partial charge in [-0.2, -0.15) is 31.4 Å². The summed E-state index contributed by atoms with van der Waals surface area (Å²) in [6.07, 6.45) is -10.9. The van der Waals surface area contributed by atoms with E-state index >= 15 is 0 Å². The molecule has 0 bridgehead atoms. The van der Waals surface area contributed by atoms with Crippen molar-refractivity contribution in [1.82, 2.24) is 9.78 Å². The minimum atomic E-state index is -6.21. The quantitative estimate of drug-likeness (QED) is 0.285. The number of benzene rings is 2. The van der Waals surface area contributed by atoms with Crippen molar-refractivity contribution >= 4 is 17.6 Å². The number of nitrogens with zero attached hydrogens (tertiary/aromatic N) is 2. The molecule has 0 radical (unpaired) electrons. The maximum Gasteiger partial charge on any atom is 0.435 e. The number of rotatable bonds is 4. The van der Waals surface area contributed by atoms with Gasteiger partial charge in [-0.15, -0.1) is 0 Å². The van der Waals surface area contributed by atoms with Gasteiger partial charge in [0.1, 0.15) is 0 Å². The maximum atomic E-state index is 14.5. The van der Waals surface area contributed by atoms with Gasteiger partial charge in [-0.3, -0.25) is 0 Å². The zero-order valence-corrected chi connectivity index (χ0v) is 18.5. The molecule has 0 aliphatic heterocycles. The molecule has 1 aromatic heterocycles. The Bertz CT molecular complexity index is 1210. The van der Waals surface area contributed by atoms with Gasteiger partial charge in [-0.05, 0) is 49.2 Å². The number of alkyl halides is 7. The first-order valence-electron chi connectivity index (χ1n) is 9.50. The summed E-state index contributed by atoms with van der Waals surface area (Å²) in [6.45, 7) is 2.52. The van der Waals surface area contributed by atoms with E-state index in [-0.39, 0.29) is 33.0 Å². The standard InChI is InChI=1S/C22H16ClF7N2O2/c1-11-8-13(20(24,21(25,26)27)22(28,29)30)9-12(2)18(11)17-6-7-32(31-17)14-4-5-16(23)15(10-14)19(33)34-3/h4-10H,1-3H3. The van der Waals surface area contributed by atoms with Crippen LogP contribution in [-0.4, -0.2) is 35.2 Å². The normalized spacial score (nSPS) is 12.7. The van der Waals surface area contributed by atoms with Gasteiger partial charge in [0.05, 0.1) is 29.1 Å². The molecule has 0 aliphatic carbocycles. The van der Waals surface area contributed by atoms with Crippen LogP contribution in [0.1, 0.15) is 27.0 Å². The second kappa shape index (κ2) is 8.61. The Morgan fingerprint density at radius 2 is 1.50 bits per heavy atom. The number of hydrogen-bond acceptors (Lipinski definition) is 3. The lowest BCUT2D eigenvalue weighted by atomic mass is 9.88. The Hall–Kier alpha value is -3.08. The fourth-order valence-corrected chi connectivity index (χ4v) is 3.77. The van der Waals surface area contributed by atoms with E-state index in [2.05, 4.69) is 9.84 Å². The van der Waals surface area contributed by atoms with Crippen LogP contribution in [0.5, 0.6) is 0 Å². The van der Waals surface area contributed by atoms with Crippen molar-refractivity contribution in [1.29, 1.82) is 0 Å². The fraction of sp³-hybridized carbons (Fsp3) is 0.273. The molecule has 0 atom stereocenters. The molecule has 0 saturated heterocycles. The summed E-state index contributed by atoms with van der Waals surface area (Å²) in [7, 11) is 1.18. The molecule has 0 N–H and O–H groups in total. The van der Waals surface area contributed by atoms with Crippen LogP contribution >= 0.6 is 11.6 Å². The molecule has 0 spiro atoms. The molecule has 0 saturated carbocycles. The van der Waals surface area contributed by atoms with Crippen LogP contribution in [0.3, 0.4) is 0 Å². The van der Waals surface area contributed by atoms with Gasteiger partial charge in [0.25, 0.3) is 0 Å². The van der Waals surface area contributed by atoms with Gasteiger partial charge in [0, 0.05) is 17.3 Å². The van der Waals surface area contributed by atoms with Crippen molar-refractivity contribution in [2.75, 3.05) is 7.11 Å². The predicted molar refractivity (Wildman–Crippen MR) is 110 cm³/mol. The average molecular weight is 509 g/mol. The monoisotopic (exact) mass is 508 g/mol. The molecule has 182 valence electrons. The molecular weight excluding hydrogens is 493 g/mol.